The van der Waals surface area contributed by atoms with Crippen LogP contribution in [-0.2, 0) is 11.2 Å². The van der Waals surface area contributed by atoms with E-state index in [-0.39, 0.29) is 11.9 Å². The average molecular weight is 310 g/mol. The summed E-state index contributed by atoms with van der Waals surface area (Å²) in [5.74, 6) is 1.72. The molecule has 1 unspecified atom stereocenters. The number of hydrogen-bond acceptors (Lipinski definition) is 2. The van der Waals surface area contributed by atoms with E-state index in [0.29, 0.717) is 6.42 Å². The number of aryl methyl sites for hydroxylation is 2. The molecule has 3 aromatic rings. The van der Waals surface area contributed by atoms with Gasteiger partial charge in [-0.1, -0.05) is 18.2 Å². The summed E-state index contributed by atoms with van der Waals surface area (Å²) in [6.45, 7) is 3.84. The molecule has 3 rings (SSSR count). The smallest absolute Gasteiger partial charge is 0.220 e. The Labute approximate surface area is 135 Å². The molecule has 0 bridgehead atoms. The van der Waals surface area contributed by atoms with Crippen molar-refractivity contribution < 1.29 is 9.21 Å². The van der Waals surface area contributed by atoms with Gasteiger partial charge in [0.05, 0.1) is 6.04 Å². The van der Waals surface area contributed by atoms with Crippen molar-refractivity contribution in [3.05, 3.63) is 59.7 Å². The lowest BCUT2D eigenvalue weighted by atomic mass is 10.1. The fraction of sp³-hybridized carbons (Fsp3) is 0.316. The van der Waals surface area contributed by atoms with Crippen LogP contribution in [0.1, 0.15) is 42.9 Å². The minimum atomic E-state index is -0.0933. The monoisotopic (exact) mass is 310 g/mol. The minimum absolute atomic E-state index is 0.0615. The van der Waals surface area contributed by atoms with E-state index in [0.717, 1.165) is 29.9 Å². The molecule has 1 atom stereocenters. The Morgan fingerprint density at radius 2 is 2.09 bits per heavy atom. The third kappa shape index (κ3) is 3.65. The zero-order valence-corrected chi connectivity index (χ0v) is 13.6. The molecule has 1 aromatic carbocycles. The number of amides is 1. The van der Waals surface area contributed by atoms with E-state index >= 15 is 0 Å². The molecule has 0 aliphatic heterocycles. The fourth-order valence-corrected chi connectivity index (χ4v) is 2.85. The normalized spacial score (nSPS) is 12.4. The van der Waals surface area contributed by atoms with Crippen LogP contribution in [0.2, 0.25) is 0 Å². The first-order valence-electron chi connectivity index (χ1n) is 8.04. The van der Waals surface area contributed by atoms with Gasteiger partial charge in [0.2, 0.25) is 5.91 Å². The summed E-state index contributed by atoms with van der Waals surface area (Å²) in [5.41, 5.74) is 2.41. The van der Waals surface area contributed by atoms with Crippen molar-refractivity contribution in [1.82, 2.24) is 10.3 Å². The standard InChI is InChI=1S/C19H22N2O2/c1-13-10-11-18(23-13)14(2)21-19(22)9-5-6-15-12-20-17-8-4-3-7-16(15)17/h3-4,7-8,10-12,14,20H,5-6,9H2,1-2H3,(H,21,22). The highest BCUT2D eigenvalue weighted by atomic mass is 16.3. The van der Waals surface area contributed by atoms with Gasteiger partial charge in [-0.2, -0.15) is 0 Å². The molecule has 2 heterocycles. The molecular formula is C19H22N2O2. The molecule has 0 spiro atoms. The number of carbonyl (C=O) groups is 1. The second-order valence-corrected chi connectivity index (χ2v) is 5.95. The maximum absolute atomic E-state index is 12.1. The van der Waals surface area contributed by atoms with E-state index in [1.54, 1.807) is 0 Å². The molecule has 120 valence electrons. The van der Waals surface area contributed by atoms with Gasteiger partial charge in [-0.05, 0) is 50.5 Å². The molecule has 23 heavy (non-hydrogen) atoms. The van der Waals surface area contributed by atoms with Gasteiger partial charge in [-0.3, -0.25) is 4.79 Å². The maximum Gasteiger partial charge on any atom is 0.220 e. The predicted octanol–water partition coefficient (Wildman–Crippen LogP) is 4.27. The Balaban J connectivity index is 1.49. The van der Waals surface area contributed by atoms with E-state index in [1.807, 2.05) is 44.3 Å². The lowest BCUT2D eigenvalue weighted by Crippen LogP contribution is -2.26. The van der Waals surface area contributed by atoms with Gasteiger partial charge in [0.15, 0.2) is 0 Å². The molecule has 4 heteroatoms. The average Bonchev–Trinajstić information content (AvgIpc) is 3.14. The lowest BCUT2D eigenvalue weighted by molar-refractivity contribution is -0.121. The second kappa shape index (κ2) is 6.73. The SMILES string of the molecule is Cc1ccc(C(C)NC(=O)CCCc2c[nH]c3ccccc23)o1. The molecule has 0 saturated heterocycles. The van der Waals surface area contributed by atoms with Gasteiger partial charge in [0.25, 0.3) is 0 Å². The zero-order chi connectivity index (χ0) is 16.2. The summed E-state index contributed by atoms with van der Waals surface area (Å²) >= 11 is 0. The van der Waals surface area contributed by atoms with Crippen molar-refractivity contribution in [3.8, 4) is 0 Å². The molecule has 0 aliphatic carbocycles. The van der Waals surface area contributed by atoms with Crippen LogP contribution in [0.3, 0.4) is 0 Å². The van der Waals surface area contributed by atoms with Crippen molar-refractivity contribution in [1.29, 1.82) is 0 Å². The van der Waals surface area contributed by atoms with Crippen molar-refractivity contribution >= 4 is 16.8 Å². The number of hydrogen-bond donors (Lipinski definition) is 2. The van der Waals surface area contributed by atoms with E-state index in [9.17, 15) is 4.79 Å². The van der Waals surface area contributed by atoms with Crippen molar-refractivity contribution in [2.45, 2.75) is 39.2 Å². The number of carbonyl (C=O) groups excluding carboxylic acids is 1. The number of rotatable bonds is 6. The van der Waals surface area contributed by atoms with Crippen LogP contribution in [0.5, 0.6) is 0 Å². The lowest BCUT2D eigenvalue weighted by Gasteiger charge is -2.11. The molecule has 4 nitrogen and oxygen atoms in total. The van der Waals surface area contributed by atoms with Crippen LogP contribution >= 0.6 is 0 Å². The first kappa shape index (κ1) is 15.4. The minimum Gasteiger partial charge on any atom is -0.464 e. The molecule has 0 radical (unpaired) electrons. The van der Waals surface area contributed by atoms with Crippen molar-refractivity contribution in [2.24, 2.45) is 0 Å². The zero-order valence-electron chi connectivity index (χ0n) is 13.6. The molecule has 2 N–H and O–H groups in total. The van der Waals surface area contributed by atoms with Crippen LogP contribution in [0.25, 0.3) is 10.9 Å². The van der Waals surface area contributed by atoms with Gasteiger partial charge in [-0.25, -0.2) is 0 Å². The first-order valence-corrected chi connectivity index (χ1v) is 8.04. The molecular weight excluding hydrogens is 288 g/mol. The van der Waals surface area contributed by atoms with Gasteiger partial charge in [0.1, 0.15) is 11.5 Å². The number of aromatic nitrogens is 1. The van der Waals surface area contributed by atoms with E-state index in [1.165, 1.54) is 10.9 Å². The number of H-pyrrole nitrogens is 1. The molecule has 0 saturated carbocycles. The molecule has 0 aliphatic rings. The summed E-state index contributed by atoms with van der Waals surface area (Å²) in [6.07, 6.45) is 4.28. The number of nitrogens with one attached hydrogen (secondary N) is 2. The van der Waals surface area contributed by atoms with Gasteiger partial charge >= 0.3 is 0 Å². The maximum atomic E-state index is 12.1. The summed E-state index contributed by atoms with van der Waals surface area (Å²) in [7, 11) is 0. The van der Waals surface area contributed by atoms with Crippen LogP contribution in [-0.4, -0.2) is 10.9 Å². The van der Waals surface area contributed by atoms with Crippen molar-refractivity contribution in [3.63, 3.8) is 0 Å². The number of furan rings is 1. The number of benzene rings is 1. The van der Waals surface area contributed by atoms with E-state index in [2.05, 4.69) is 22.4 Å². The Morgan fingerprint density at radius 3 is 2.87 bits per heavy atom. The number of fused-ring (bicyclic) bond motifs is 1. The summed E-state index contributed by atoms with van der Waals surface area (Å²) in [4.78, 5) is 15.3. The third-order valence-electron chi connectivity index (χ3n) is 4.09. The Kier molecular flexibility index (Phi) is 4.51. The summed E-state index contributed by atoms with van der Waals surface area (Å²) in [6, 6.07) is 12.0. The van der Waals surface area contributed by atoms with Crippen LogP contribution in [0, 0.1) is 6.92 Å². The number of para-hydroxylation sites is 1. The van der Waals surface area contributed by atoms with Gasteiger partial charge in [0, 0.05) is 23.5 Å². The van der Waals surface area contributed by atoms with E-state index < -0.39 is 0 Å². The van der Waals surface area contributed by atoms with Crippen LogP contribution in [0.4, 0.5) is 0 Å². The Bertz CT molecular complexity index is 800. The predicted molar refractivity (Wildman–Crippen MR) is 91.2 cm³/mol. The van der Waals surface area contributed by atoms with Crippen LogP contribution < -0.4 is 5.32 Å². The molecule has 0 fully saturated rings. The topological polar surface area (TPSA) is 58.0 Å². The third-order valence-corrected chi connectivity index (χ3v) is 4.09. The van der Waals surface area contributed by atoms with Crippen LogP contribution in [0.15, 0.2) is 47.0 Å². The Hall–Kier alpha value is -2.49. The van der Waals surface area contributed by atoms with Crippen molar-refractivity contribution in [2.75, 3.05) is 0 Å². The number of aromatic amines is 1. The summed E-state index contributed by atoms with van der Waals surface area (Å²) in [5, 5.41) is 4.23. The highest BCUT2D eigenvalue weighted by Crippen LogP contribution is 2.20. The van der Waals surface area contributed by atoms with Gasteiger partial charge in [-0.15, -0.1) is 0 Å². The van der Waals surface area contributed by atoms with E-state index in [4.69, 9.17) is 4.42 Å². The highest BCUT2D eigenvalue weighted by Gasteiger charge is 2.12. The largest absolute Gasteiger partial charge is 0.464 e. The summed E-state index contributed by atoms with van der Waals surface area (Å²) < 4.78 is 5.54. The van der Waals surface area contributed by atoms with Gasteiger partial charge < -0.3 is 14.7 Å². The molecule has 1 amide bonds. The quantitative estimate of drug-likeness (QED) is 0.714. The first-order chi connectivity index (χ1) is 11.1. The highest BCUT2D eigenvalue weighted by molar-refractivity contribution is 5.83. The molecule has 2 aromatic heterocycles. The second-order valence-electron chi connectivity index (χ2n) is 5.95. The Morgan fingerprint density at radius 1 is 1.26 bits per heavy atom. The fourth-order valence-electron chi connectivity index (χ4n) is 2.85.